The summed E-state index contributed by atoms with van der Waals surface area (Å²) in [6.07, 6.45) is 0. The number of nitrogens with one attached hydrogen (secondary N) is 2. The second kappa shape index (κ2) is 8.41. The van der Waals surface area contributed by atoms with Crippen LogP contribution in [0.1, 0.15) is 0 Å². The third-order valence-corrected chi connectivity index (χ3v) is 9.13. The Kier molecular flexibility index (Phi) is 5.94. The van der Waals surface area contributed by atoms with E-state index in [0.717, 1.165) is 17.4 Å². The topological polar surface area (TPSA) is 123 Å². The van der Waals surface area contributed by atoms with Crippen molar-refractivity contribution in [3.05, 3.63) is 80.4 Å². The van der Waals surface area contributed by atoms with Crippen molar-refractivity contribution in [1.82, 2.24) is 0 Å². The van der Waals surface area contributed by atoms with E-state index in [1.54, 1.807) is 11.4 Å². The van der Waals surface area contributed by atoms with Gasteiger partial charge in [0.1, 0.15) is 9.79 Å². The van der Waals surface area contributed by atoms with Gasteiger partial charge >= 0.3 is 5.63 Å². The molecule has 0 aliphatic rings. The van der Waals surface area contributed by atoms with Gasteiger partial charge in [-0.15, -0.1) is 11.3 Å². The molecule has 0 amide bonds. The van der Waals surface area contributed by atoms with Gasteiger partial charge in [0.2, 0.25) is 0 Å². The maximum absolute atomic E-state index is 13.2. The van der Waals surface area contributed by atoms with E-state index in [-0.39, 0.29) is 41.5 Å². The van der Waals surface area contributed by atoms with Crippen molar-refractivity contribution >= 4 is 76.9 Å². The van der Waals surface area contributed by atoms with Crippen LogP contribution in [0.25, 0.3) is 11.0 Å². The number of hydrogen-bond donors (Lipinski definition) is 2. The largest absolute Gasteiger partial charge is 0.423 e. The molecule has 4 rings (SSSR count). The van der Waals surface area contributed by atoms with Crippen molar-refractivity contribution in [1.29, 1.82) is 0 Å². The van der Waals surface area contributed by atoms with Crippen LogP contribution in [0.5, 0.6) is 0 Å². The molecular weight excluding hydrogens is 519 g/mol. The fourth-order valence-electron chi connectivity index (χ4n) is 2.83. The highest BCUT2D eigenvalue weighted by Gasteiger charge is 2.23. The second-order valence-electron chi connectivity index (χ2n) is 6.38. The molecule has 13 heteroatoms. The molecule has 0 unspecified atom stereocenters. The first-order valence-corrected chi connectivity index (χ1v) is 13.3. The third kappa shape index (κ3) is 4.48. The molecule has 2 N–H and O–H groups in total. The van der Waals surface area contributed by atoms with Gasteiger partial charge in [-0.05, 0) is 41.8 Å². The first-order chi connectivity index (χ1) is 15.1. The average molecular weight is 531 g/mol. The van der Waals surface area contributed by atoms with Gasteiger partial charge in [-0.2, -0.15) is 0 Å². The van der Waals surface area contributed by atoms with Crippen LogP contribution in [0.15, 0.2) is 78.3 Å². The molecule has 0 atom stereocenters. The van der Waals surface area contributed by atoms with Crippen molar-refractivity contribution in [2.75, 3.05) is 9.44 Å². The summed E-state index contributed by atoms with van der Waals surface area (Å²) in [7, 11) is -8.26. The maximum atomic E-state index is 13.2. The van der Waals surface area contributed by atoms with E-state index >= 15 is 0 Å². The Hall–Kier alpha value is -2.57. The monoisotopic (exact) mass is 530 g/mol. The predicted octanol–water partition coefficient (Wildman–Crippen LogP) is 4.76. The number of halogens is 2. The lowest BCUT2D eigenvalue weighted by Gasteiger charge is -2.16. The predicted molar refractivity (Wildman–Crippen MR) is 125 cm³/mol. The van der Waals surface area contributed by atoms with Crippen LogP contribution in [0, 0.1) is 0 Å². The summed E-state index contributed by atoms with van der Waals surface area (Å²) in [5.41, 5.74) is -0.819. The van der Waals surface area contributed by atoms with Crippen LogP contribution in [0.4, 0.5) is 11.4 Å². The fourth-order valence-corrected chi connectivity index (χ4v) is 6.51. The van der Waals surface area contributed by atoms with Crippen molar-refractivity contribution in [2.45, 2.75) is 9.10 Å². The highest BCUT2D eigenvalue weighted by Crippen LogP contribution is 2.36. The molecular formula is C19H12Cl2N2O6S3. The lowest BCUT2D eigenvalue weighted by Crippen LogP contribution is -2.17. The summed E-state index contributed by atoms with van der Waals surface area (Å²) in [6.45, 7) is 0. The molecule has 0 radical (unpaired) electrons. The Morgan fingerprint density at radius 3 is 2.09 bits per heavy atom. The molecule has 0 bridgehead atoms. The average Bonchev–Trinajstić information content (AvgIpc) is 3.26. The molecule has 0 spiro atoms. The summed E-state index contributed by atoms with van der Waals surface area (Å²) in [6, 6.07) is 12.0. The highest BCUT2D eigenvalue weighted by atomic mass is 35.5. The normalized spacial score (nSPS) is 12.1. The number of hydrogen-bond acceptors (Lipinski definition) is 7. The number of thiophene rings is 1. The van der Waals surface area contributed by atoms with Gasteiger partial charge in [0.15, 0.2) is 0 Å². The van der Waals surface area contributed by atoms with Crippen LogP contribution in [-0.4, -0.2) is 16.8 Å². The number of sulfonamides is 2. The summed E-state index contributed by atoms with van der Waals surface area (Å²) < 4.78 is 61.4. The van der Waals surface area contributed by atoms with E-state index in [2.05, 4.69) is 9.44 Å². The smallest absolute Gasteiger partial charge is 0.336 e. The summed E-state index contributed by atoms with van der Waals surface area (Å²) in [5, 5.41) is 1.78. The van der Waals surface area contributed by atoms with E-state index in [0.29, 0.717) is 0 Å². The van der Waals surface area contributed by atoms with Crippen molar-refractivity contribution in [3.63, 3.8) is 0 Å². The van der Waals surface area contributed by atoms with E-state index < -0.39 is 25.7 Å². The molecule has 0 aliphatic carbocycles. The Bertz CT molecular complexity index is 1600. The molecule has 2 aromatic carbocycles. The number of anilines is 2. The van der Waals surface area contributed by atoms with Crippen LogP contribution in [0.2, 0.25) is 10.0 Å². The van der Waals surface area contributed by atoms with Gasteiger partial charge in [-0.1, -0.05) is 35.3 Å². The third-order valence-electron chi connectivity index (χ3n) is 4.22. The molecule has 32 heavy (non-hydrogen) atoms. The van der Waals surface area contributed by atoms with Gasteiger partial charge < -0.3 is 4.42 Å². The standard InChI is InChI=1S/C19H12Cl2N2O6S3/c20-12-9-14(15(10-13(12)21)23-32(27,28)19-5-2-8-30-19)22-31(25,26)17-4-1-3-16-11(17)6-7-18(24)29-16/h1-10,22-23H. The van der Waals surface area contributed by atoms with Gasteiger partial charge in [0.25, 0.3) is 20.0 Å². The molecule has 8 nitrogen and oxygen atoms in total. The number of fused-ring (bicyclic) bond motifs is 1. The second-order valence-corrected chi connectivity index (χ2v) is 11.7. The first-order valence-electron chi connectivity index (χ1n) is 8.68. The minimum absolute atomic E-state index is 0.00681. The lowest BCUT2D eigenvalue weighted by molar-refractivity contribution is 0.559. The summed E-state index contributed by atoms with van der Waals surface area (Å²) in [5.74, 6) is 0. The van der Waals surface area contributed by atoms with E-state index in [1.165, 1.54) is 42.5 Å². The Morgan fingerprint density at radius 2 is 1.47 bits per heavy atom. The quantitative estimate of drug-likeness (QED) is 0.346. The van der Waals surface area contributed by atoms with E-state index in [9.17, 15) is 21.6 Å². The van der Waals surface area contributed by atoms with Gasteiger partial charge in [0.05, 0.1) is 26.3 Å². The molecule has 166 valence electrons. The zero-order valence-electron chi connectivity index (χ0n) is 15.7. The maximum Gasteiger partial charge on any atom is 0.336 e. The molecule has 0 fully saturated rings. The van der Waals surface area contributed by atoms with Crippen LogP contribution < -0.4 is 15.1 Å². The molecule has 2 heterocycles. The SMILES string of the molecule is O=c1ccc2c(S(=O)(=O)Nc3cc(Cl)c(Cl)cc3NS(=O)(=O)c3cccs3)cccc2o1. The van der Waals surface area contributed by atoms with Crippen LogP contribution >= 0.6 is 34.5 Å². The minimum Gasteiger partial charge on any atom is -0.423 e. The van der Waals surface area contributed by atoms with Crippen molar-refractivity contribution in [2.24, 2.45) is 0 Å². The van der Waals surface area contributed by atoms with Gasteiger partial charge in [-0.3, -0.25) is 9.44 Å². The lowest BCUT2D eigenvalue weighted by atomic mass is 10.2. The van der Waals surface area contributed by atoms with Crippen LogP contribution in [0.3, 0.4) is 0 Å². The first kappa shape index (κ1) is 22.6. The molecule has 2 aromatic heterocycles. The summed E-state index contributed by atoms with van der Waals surface area (Å²) in [4.78, 5) is 11.3. The van der Waals surface area contributed by atoms with Gasteiger partial charge in [-0.25, -0.2) is 21.6 Å². The molecule has 0 saturated heterocycles. The number of rotatable bonds is 6. The fraction of sp³-hybridized carbons (Fsp3) is 0. The number of benzene rings is 2. The molecule has 4 aromatic rings. The molecule has 0 aliphatic heterocycles. The Morgan fingerprint density at radius 1 is 0.812 bits per heavy atom. The Balaban J connectivity index is 1.79. The van der Waals surface area contributed by atoms with Crippen molar-refractivity contribution in [3.8, 4) is 0 Å². The Labute approximate surface area is 196 Å². The zero-order valence-corrected chi connectivity index (χ0v) is 19.7. The highest BCUT2D eigenvalue weighted by molar-refractivity contribution is 7.94. The molecule has 0 saturated carbocycles. The summed E-state index contributed by atoms with van der Waals surface area (Å²) >= 11 is 13.1. The van der Waals surface area contributed by atoms with E-state index in [1.807, 2.05) is 0 Å². The zero-order chi connectivity index (χ0) is 23.1. The van der Waals surface area contributed by atoms with Crippen molar-refractivity contribution < 1.29 is 21.3 Å². The van der Waals surface area contributed by atoms with E-state index in [4.69, 9.17) is 27.6 Å². The van der Waals surface area contributed by atoms with Crippen LogP contribution in [-0.2, 0) is 20.0 Å². The van der Waals surface area contributed by atoms with Gasteiger partial charge in [0, 0.05) is 11.5 Å². The minimum atomic E-state index is -4.26.